The van der Waals surface area contributed by atoms with E-state index in [1.165, 1.54) is 0 Å². The van der Waals surface area contributed by atoms with Crippen LogP contribution in [0.3, 0.4) is 0 Å². The van der Waals surface area contributed by atoms with Crippen molar-refractivity contribution in [2.75, 3.05) is 6.61 Å². The highest BCUT2D eigenvalue weighted by Gasteiger charge is 2.43. The number of rotatable bonds is 13. The molecule has 3 nitrogen and oxygen atoms in total. The topological polar surface area (TPSA) is 43.4 Å². The number of carbonyl (C=O) groups excluding carboxylic acids is 2. The van der Waals surface area contributed by atoms with Crippen LogP contribution < -0.4 is 0 Å². The van der Waals surface area contributed by atoms with Gasteiger partial charge < -0.3 is 4.74 Å². The zero-order chi connectivity index (χ0) is 16.1. The Kier molecular flexibility index (Phi) is 11.3. The van der Waals surface area contributed by atoms with E-state index in [0.29, 0.717) is 19.4 Å². The number of ketones is 1. The molecular formula is C18H34O3. The van der Waals surface area contributed by atoms with Crippen LogP contribution in [0.5, 0.6) is 0 Å². The minimum absolute atomic E-state index is 0.0195. The first-order valence-electron chi connectivity index (χ1n) is 8.73. The summed E-state index contributed by atoms with van der Waals surface area (Å²) in [4.78, 5) is 24.6. The number of hydrogen-bond acceptors (Lipinski definition) is 3. The molecule has 0 spiro atoms. The van der Waals surface area contributed by atoms with Gasteiger partial charge in [-0.1, -0.05) is 65.2 Å². The summed E-state index contributed by atoms with van der Waals surface area (Å²) >= 11 is 0. The van der Waals surface area contributed by atoms with Crippen molar-refractivity contribution in [3.63, 3.8) is 0 Å². The number of Topliss-reactive ketones (excluding diaryl/α,β-unsaturated/α-hetero) is 1. The lowest BCUT2D eigenvalue weighted by Gasteiger charge is -2.29. The third-order valence-corrected chi connectivity index (χ3v) is 4.25. The summed E-state index contributed by atoms with van der Waals surface area (Å²) in [5.41, 5.74) is -0.891. The van der Waals surface area contributed by atoms with Gasteiger partial charge in [-0.05, 0) is 26.7 Å². The van der Waals surface area contributed by atoms with Crippen LogP contribution in [0.15, 0.2) is 0 Å². The molecule has 0 fully saturated rings. The second-order valence-electron chi connectivity index (χ2n) is 5.98. The molecule has 0 rings (SSSR count). The summed E-state index contributed by atoms with van der Waals surface area (Å²) in [6.07, 6.45) is 9.95. The van der Waals surface area contributed by atoms with E-state index in [9.17, 15) is 9.59 Å². The maximum Gasteiger partial charge on any atom is 0.319 e. The van der Waals surface area contributed by atoms with Crippen LogP contribution >= 0.6 is 0 Å². The first kappa shape index (κ1) is 20.1. The minimum atomic E-state index is -0.891. The Labute approximate surface area is 130 Å². The lowest BCUT2D eigenvalue weighted by Crippen LogP contribution is -2.39. The minimum Gasteiger partial charge on any atom is -0.465 e. The molecule has 21 heavy (non-hydrogen) atoms. The first-order chi connectivity index (χ1) is 10.0. The Morgan fingerprint density at radius 1 is 0.810 bits per heavy atom. The molecule has 0 aliphatic rings. The van der Waals surface area contributed by atoms with Crippen LogP contribution in [0.25, 0.3) is 0 Å². The molecular weight excluding hydrogens is 264 g/mol. The van der Waals surface area contributed by atoms with Gasteiger partial charge in [0.15, 0.2) is 0 Å². The van der Waals surface area contributed by atoms with E-state index in [2.05, 4.69) is 13.8 Å². The normalized spacial score (nSPS) is 11.4. The molecule has 0 amide bonds. The third-order valence-electron chi connectivity index (χ3n) is 4.25. The molecule has 0 saturated heterocycles. The molecule has 0 saturated carbocycles. The number of esters is 1. The fraction of sp³-hybridized carbons (Fsp3) is 0.889. The summed E-state index contributed by atoms with van der Waals surface area (Å²) in [7, 11) is 0. The standard InChI is InChI=1S/C18H34O3/c1-5-8-10-12-14-18(16(4)19,17(20)21-7-3)15-13-11-9-6-2/h5-15H2,1-4H3. The van der Waals surface area contributed by atoms with E-state index in [1.807, 2.05) is 0 Å². The molecule has 0 aromatic carbocycles. The molecule has 0 aliphatic carbocycles. The van der Waals surface area contributed by atoms with Crippen LogP contribution in [-0.2, 0) is 14.3 Å². The van der Waals surface area contributed by atoms with Crippen molar-refractivity contribution in [1.29, 1.82) is 0 Å². The van der Waals surface area contributed by atoms with Crippen molar-refractivity contribution >= 4 is 11.8 Å². The third kappa shape index (κ3) is 7.10. The Morgan fingerprint density at radius 2 is 1.29 bits per heavy atom. The predicted molar refractivity (Wildman–Crippen MR) is 87.3 cm³/mol. The largest absolute Gasteiger partial charge is 0.465 e. The maximum absolute atomic E-state index is 12.4. The Morgan fingerprint density at radius 3 is 1.62 bits per heavy atom. The molecule has 0 N–H and O–H groups in total. The van der Waals surface area contributed by atoms with Crippen LogP contribution in [-0.4, -0.2) is 18.4 Å². The smallest absolute Gasteiger partial charge is 0.319 e. The lowest BCUT2D eigenvalue weighted by atomic mass is 9.75. The second kappa shape index (κ2) is 11.8. The molecule has 124 valence electrons. The van der Waals surface area contributed by atoms with Crippen LogP contribution in [0.1, 0.15) is 91.9 Å². The molecule has 0 aromatic rings. The zero-order valence-corrected chi connectivity index (χ0v) is 14.5. The highest BCUT2D eigenvalue weighted by atomic mass is 16.5. The molecule has 3 heteroatoms. The van der Waals surface area contributed by atoms with Crippen LogP contribution in [0.4, 0.5) is 0 Å². The van der Waals surface area contributed by atoms with Crippen molar-refractivity contribution < 1.29 is 14.3 Å². The number of carbonyl (C=O) groups is 2. The maximum atomic E-state index is 12.4. The van der Waals surface area contributed by atoms with Crippen molar-refractivity contribution in [3.05, 3.63) is 0 Å². The fourth-order valence-corrected chi connectivity index (χ4v) is 2.80. The number of unbranched alkanes of at least 4 members (excludes halogenated alkanes) is 6. The van der Waals surface area contributed by atoms with E-state index in [-0.39, 0.29) is 11.8 Å². The molecule has 0 heterocycles. The van der Waals surface area contributed by atoms with Gasteiger partial charge >= 0.3 is 5.97 Å². The van der Waals surface area contributed by atoms with Gasteiger partial charge in [0.05, 0.1) is 6.61 Å². The molecule has 0 aromatic heterocycles. The van der Waals surface area contributed by atoms with Gasteiger partial charge in [-0.3, -0.25) is 9.59 Å². The second-order valence-corrected chi connectivity index (χ2v) is 5.98. The predicted octanol–water partition coefficient (Wildman–Crippen LogP) is 5.07. The van der Waals surface area contributed by atoms with Gasteiger partial charge in [0, 0.05) is 0 Å². The van der Waals surface area contributed by atoms with Crippen molar-refractivity contribution in [3.8, 4) is 0 Å². The highest BCUT2D eigenvalue weighted by molar-refractivity contribution is 6.02. The van der Waals surface area contributed by atoms with Crippen molar-refractivity contribution in [2.24, 2.45) is 5.41 Å². The van der Waals surface area contributed by atoms with E-state index in [0.717, 1.165) is 51.4 Å². The van der Waals surface area contributed by atoms with Gasteiger partial charge in [0.2, 0.25) is 0 Å². The average molecular weight is 298 g/mol. The van der Waals surface area contributed by atoms with Gasteiger partial charge in [0.1, 0.15) is 11.2 Å². The molecule has 0 bridgehead atoms. The molecule has 0 atom stereocenters. The summed E-state index contributed by atoms with van der Waals surface area (Å²) in [5, 5.41) is 0. The molecule has 0 aliphatic heterocycles. The number of ether oxygens (including phenoxy) is 1. The summed E-state index contributed by atoms with van der Waals surface area (Å²) in [5.74, 6) is -0.320. The molecule has 0 radical (unpaired) electrons. The number of hydrogen-bond donors (Lipinski definition) is 0. The lowest BCUT2D eigenvalue weighted by molar-refractivity contribution is -0.161. The summed E-state index contributed by atoms with van der Waals surface area (Å²) in [6.45, 7) is 8.02. The quantitative estimate of drug-likeness (QED) is 0.271. The van der Waals surface area contributed by atoms with Crippen LogP contribution in [0.2, 0.25) is 0 Å². The average Bonchev–Trinajstić information content (AvgIpc) is 2.45. The monoisotopic (exact) mass is 298 g/mol. The van der Waals surface area contributed by atoms with Gasteiger partial charge in [-0.2, -0.15) is 0 Å². The first-order valence-corrected chi connectivity index (χ1v) is 8.73. The zero-order valence-electron chi connectivity index (χ0n) is 14.5. The van der Waals surface area contributed by atoms with Gasteiger partial charge in [0.25, 0.3) is 0 Å². The van der Waals surface area contributed by atoms with E-state index < -0.39 is 5.41 Å². The van der Waals surface area contributed by atoms with Crippen molar-refractivity contribution in [2.45, 2.75) is 91.9 Å². The van der Waals surface area contributed by atoms with E-state index >= 15 is 0 Å². The Bertz CT molecular complexity index is 285. The summed E-state index contributed by atoms with van der Waals surface area (Å²) < 4.78 is 5.22. The SMILES string of the molecule is CCCCCCC(CCCCCC)(C(C)=O)C(=O)OCC. The molecule has 0 unspecified atom stereocenters. The Hall–Kier alpha value is -0.860. The van der Waals surface area contributed by atoms with E-state index in [4.69, 9.17) is 4.74 Å². The fourth-order valence-electron chi connectivity index (χ4n) is 2.80. The van der Waals surface area contributed by atoms with Crippen LogP contribution in [0, 0.1) is 5.41 Å². The highest BCUT2D eigenvalue weighted by Crippen LogP contribution is 2.34. The van der Waals surface area contributed by atoms with Gasteiger partial charge in [-0.15, -0.1) is 0 Å². The Balaban J connectivity index is 4.79. The van der Waals surface area contributed by atoms with E-state index in [1.54, 1.807) is 13.8 Å². The van der Waals surface area contributed by atoms with Gasteiger partial charge in [-0.25, -0.2) is 0 Å². The summed E-state index contributed by atoms with van der Waals surface area (Å²) in [6, 6.07) is 0. The van der Waals surface area contributed by atoms with Crippen molar-refractivity contribution in [1.82, 2.24) is 0 Å².